The van der Waals surface area contributed by atoms with Crippen LogP contribution in [0.2, 0.25) is 0 Å². The van der Waals surface area contributed by atoms with Gasteiger partial charge in [0.25, 0.3) is 0 Å². The van der Waals surface area contributed by atoms with Crippen molar-refractivity contribution in [2.45, 2.75) is 59.4 Å². The van der Waals surface area contributed by atoms with Crippen molar-refractivity contribution in [2.75, 3.05) is 38.0 Å². The molecule has 2 saturated heterocycles. The Labute approximate surface area is 234 Å². The number of amides is 3. The highest BCUT2D eigenvalue weighted by Gasteiger charge is 2.35. The number of hydrogen-bond donors (Lipinski definition) is 2. The summed E-state index contributed by atoms with van der Waals surface area (Å²) < 4.78 is 13.3. The highest BCUT2D eigenvalue weighted by molar-refractivity contribution is 7.17. The number of Topliss-reactive ketones (excluding diaryl/α,β-unsaturated/α-hetero) is 1. The Balaban J connectivity index is 1.40. The smallest absolute Gasteiger partial charge is 0.321 e. The molecule has 0 bridgehead atoms. The monoisotopic (exact) mass is 557 g/mol. The largest absolute Gasteiger partial charge is 0.340 e. The number of hydrogen-bond acceptors (Lipinski definition) is 6. The first-order valence-corrected chi connectivity index (χ1v) is 14.7. The predicted octanol–water partition coefficient (Wildman–Crippen LogP) is 4.74. The lowest BCUT2D eigenvalue weighted by atomic mass is 9.87. The lowest BCUT2D eigenvalue weighted by molar-refractivity contribution is -0.136. The van der Waals surface area contributed by atoms with E-state index in [1.54, 1.807) is 6.92 Å². The maximum absolute atomic E-state index is 13.3. The van der Waals surface area contributed by atoms with Crippen LogP contribution in [0.1, 0.15) is 61.0 Å². The summed E-state index contributed by atoms with van der Waals surface area (Å²) >= 11 is 1.17. The summed E-state index contributed by atoms with van der Waals surface area (Å²) in [5.74, 6) is 0.409. The Morgan fingerprint density at radius 2 is 1.87 bits per heavy atom. The molecule has 212 valence electrons. The van der Waals surface area contributed by atoms with Crippen LogP contribution in [0.5, 0.6) is 0 Å². The average Bonchev–Trinajstić information content (AvgIpc) is 3.26. The molecular formula is C29H40FN5O3S. The van der Waals surface area contributed by atoms with Gasteiger partial charge in [-0.25, -0.2) is 14.2 Å². The number of aryl methyl sites for hydroxylation is 1. The molecule has 3 heterocycles. The average molecular weight is 558 g/mol. The molecule has 0 radical (unpaired) electrons. The van der Waals surface area contributed by atoms with Crippen LogP contribution in [0.15, 0.2) is 24.3 Å². The number of ketones is 1. The SMILES string of the molecule is CC(=O)c1sc(NC(=O)N[C@@H]2CN(C(=O)C(C)C)CC[C@H]2CN2CCC[C@@H](Cc3ccc(F)cc3)C2)nc1C. The molecule has 0 spiro atoms. The van der Waals surface area contributed by atoms with E-state index in [0.717, 1.165) is 50.9 Å². The number of likely N-dealkylation sites (tertiary alicyclic amines) is 2. The van der Waals surface area contributed by atoms with Gasteiger partial charge in [0.15, 0.2) is 10.9 Å². The van der Waals surface area contributed by atoms with Gasteiger partial charge in [-0.1, -0.05) is 37.3 Å². The summed E-state index contributed by atoms with van der Waals surface area (Å²) in [5, 5.41) is 6.30. The number of urea groups is 1. The van der Waals surface area contributed by atoms with Crippen molar-refractivity contribution in [2.24, 2.45) is 17.8 Å². The van der Waals surface area contributed by atoms with E-state index in [4.69, 9.17) is 0 Å². The van der Waals surface area contributed by atoms with Crippen LogP contribution in [-0.2, 0) is 11.2 Å². The third-order valence-corrected chi connectivity index (χ3v) is 8.92. The molecule has 3 atom stereocenters. The van der Waals surface area contributed by atoms with Crippen molar-refractivity contribution in [3.05, 3.63) is 46.2 Å². The molecule has 0 unspecified atom stereocenters. The molecule has 2 aliphatic heterocycles. The van der Waals surface area contributed by atoms with E-state index in [-0.39, 0.29) is 41.4 Å². The van der Waals surface area contributed by atoms with Crippen LogP contribution < -0.4 is 10.6 Å². The van der Waals surface area contributed by atoms with Gasteiger partial charge in [-0.2, -0.15) is 0 Å². The van der Waals surface area contributed by atoms with Crippen LogP contribution in [0, 0.1) is 30.5 Å². The number of piperidine rings is 2. The topological polar surface area (TPSA) is 94.6 Å². The van der Waals surface area contributed by atoms with Gasteiger partial charge < -0.3 is 15.1 Å². The number of nitrogens with zero attached hydrogens (tertiary/aromatic N) is 3. The third kappa shape index (κ3) is 7.85. The second-order valence-corrected chi connectivity index (χ2v) is 12.3. The van der Waals surface area contributed by atoms with Gasteiger partial charge in [0.05, 0.1) is 16.6 Å². The van der Waals surface area contributed by atoms with Gasteiger partial charge in [-0.15, -0.1) is 0 Å². The van der Waals surface area contributed by atoms with Gasteiger partial charge in [0.1, 0.15) is 5.82 Å². The number of carbonyl (C=O) groups excluding carboxylic acids is 3. The standard InChI is InChI=1S/C29H40FN5O3S/c1-18(2)27(37)35-13-11-23(16-34-12-5-6-22(15-34)14-21-7-9-24(30)10-8-21)25(17-35)32-28(38)33-29-31-19(3)26(39-29)20(4)36/h7-10,18,22-23,25H,5-6,11-17H2,1-4H3,(H2,31,32,33,38)/t22-,23-,25+/m0/s1. The molecule has 8 nitrogen and oxygen atoms in total. The van der Waals surface area contributed by atoms with Crippen LogP contribution in [0.25, 0.3) is 0 Å². The van der Waals surface area contributed by atoms with Gasteiger partial charge >= 0.3 is 6.03 Å². The molecule has 2 N–H and O–H groups in total. The second-order valence-electron chi connectivity index (χ2n) is 11.3. The molecule has 4 rings (SSSR count). The first kappa shape index (κ1) is 29.1. The number of benzene rings is 1. The van der Waals surface area contributed by atoms with E-state index in [1.165, 1.54) is 30.4 Å². The summed E-state index contributed by atoms with van der Waals surface area (Å²) in [6.07, 6.45) is 4.00. The maximum Gasteiger partial charge on any atom is 0.321 e. The lowest BCUT2D eigenvalue weighted by Gasteiger charge is -2.43. The summed E-state index contributed by atoms with van der Waals surface area (Å²) in [6.45, 7) is 11.0. The van der Waals surface area contributed by atoms with Crippen molar-refractivity contribution in [1.82, 2.24) is 20.1 Å². The van der Waals surface area contributed by atoms with E-state index in [2.05, 4.69) is 20.5 Å². The van der Waals surface area contributed by atoms with Crippen LogP contribution in [0.4, 0.5) is 14.3 Å². The predicted molar refractivity (Wildman–Crippen MR) is 152 cm³/mol. The molecule has 1 aromatic carbocycles. The highest BCUT2D eigenvalue weighted by atomic mass is 32.1. The Morgan fingerprint density at radius 1 is 1.13 bits per heavy atom. The number of carbonyl (C=O) groups is 3. The normalized spacial score (nSPS) is 22.1. The highest BCUT2D eigenvalue weighted by Crippen LogP contribution is 2.27. The third-order valence-electron chi connectivity index (χ3n) is 7.75. The maximum atomic E-state index is 13.3. The van der Waals surface area contributed by atoms with Crippen LogP contribution >= 0.6 is 11.3 Å². The number of thiazole rings is 1. The molecule has 39 heavy (non-hydrogen) atoms. The minimum atomic E-state index is -0.375. The quantitative estimate of drug-likeness (QED) is 0.457. The lowest BCUT2D eigenvalue weighted by Crippen LogP contribution is -2.58. The van der Waals surface area contributed by atoms with E-state index < -0.39 is 0 Å². The molecular weight excluding hydrogens is 517 g/mol. The van der Waals surface area contributed by atoms with Gasteiger partial charge in [0.2, 0.25) is 5.91 Å². The minimum Gasteiger partial charge on any atom is -0.340 e. The summed E-state index contributed by atoms with van der Waals surface area (Å²) in [6, 6.07) is 6.22. The Bertz CT molecular complexity index is 1170. The van der Waals surface area contributed by atoms with Crippen molar-refractivity contribution in [3.63, 3.8) is 0 Å². The Kier molecular flexibility index (Phi) is 9.71. The Hall–Kier alpha value is -2.85. The zero-order valence-electron chi connectivity index (χ0n) is 23.3. The summed E-state index contributed by atoms with van der Waals surface area (Å²) in [4.78, 5) is 46.8. The Morgan fingerprint density at radius 3 is 2.54 bits per heavy atom. The van der Waals surface area contributed by atoms with E-state index >= 15 is 0 Å². The number of rotatable bonds is 8. The molecule has 10 heteroatoms. The molecule has 0 saturated carbocycles. The fourth-order valence-electron chi connectivity index (χ4n) is 5.80. The number of anilines is 1. The van der Waals surface area contributed by atoms with Gasteiger partial charge in [-0.05, 0) is 68.7 Å². The fourth-order valence-corrected chi connectivity index (χ4v) is 6.65. The molecule has 0 aliphatic carbocycles. The first-order chi connectivity index (χ1) is 18.6. The number of halogens is 1. The molecule has 1 aromatic heterocycles. The second kappa shape index (κ2) is 13.0. The summed E-state index contributed by atoms with van der Waals surface area (Å²) in [5.41, 5.74) is 1.76. The van der Waals surface area contributed by atoms with E-state index in [9.17, 15) is 18.8 Å². The zero-order valence-corrected chi connectivity index (χ0v) is 24.2. The van der Waals surface area contributed by atoms with E-state index in [0.29, 0.717) is 34.7 Å². The van der Waals surface area contributed by atoms with Crippen LogP contribution in [0.3, 0.4) is 0 Å². The zero-order chi connectivity index (χ0) is 28.1. The fraction of sp³-hybridized carbons (Fsp3) is 0.586. The molecule has 3 amide bonds. The van der Waals surface area contributed by atoms with Crippen molar-refractivity contribution >= 4 is 34.2 Å². The minimum absolute atomic E-state index is 0.0760. The van der Waals surface area contributed by atoms with Crippen molar-refractivity contribution in [3.8, 4) is 0 Å². The van der Waals surface area contributed by atoms with Crippen molar-refractivity contribution < 1.29 is 18.8 Å². The van der Waals surface area contributed by atoms with Crippen molar-refractivity contribution in [1.29, 1.82) is 0 Å². The van der Waals surface area contributed by atoms with Gasteiger partial charge in [0, 0.05) is 39.0 Å². The molecule has 2 fully saturated rings. The molecule has 2 aliphatic rings. The van der Waals surface area contributed by atoms with E-state index in [1.807, 2.05) is 30.9 Å². The number of aromatic nitrogens is 1. The first-order valence-electron chi connectivity index (χ1n) is 13.9. The van der Waals surface area contributed by atoms with Gasteiger partial charge in [-0.3, -0.25) is 14.9 Å². The summed E-state index contributed by atoms with van der Waals surface area (Å²) in [7, 11) is 0. The molecule has 2 aromatic rings. The van der Waals surface area contributed by atoms with Crippen LogP contribution in [-0.4, -0.2) is 71.3 Å². The number of nitrogens with one attached hydrogen (secondary N) is 2.